The number of anilines is 1. The minimum absolute atomic E-state index is 0.0114. The molecule has 2 amide bonds. The van der Waals surface area contributed by atoms with E-state index in [9.17, 15) is 22.8 Å². The van der Waals surface area contributed by atoms with Crippen molar-refractivity contribution in [1.29, 1.82) is 0 Å². The summed E-state index contributed by atoms with van der Waals surface area (Å²) in [6.07, 6.45) is -4.15. The number of benzene rings is 2. The van der Waals surface area contributed by atoms with Crippen LogP contribution in [0.15, 0.2) is 66.9 Å². The Balaban J connectivity index is 1.56. The first kappa shape index (κ1) is 27.5. The lowest BCUT2D eigenvalue weighted by molar-refractivity contribution is -0.143. The Morgan fingerprint density at radius 3 is 2.25 bits per heavy atom. The van der Waals surface area contributed by atoms with Gasteiger partial charge >= 0.3 is 6.18 Å². The third-order valence-electron chi connectivity index (χ3n) is 7.13. The molecule has 3 heterocycles. The molecule has 12 heteroatoms. The zero-order valence-electron chi connectivity index (χ0n) is 21.5. The minimum Gasteiger partial charge on any atom is -0.337 e. The zero-order valence-corrected chi connectivity index (χ0v) is 21.5. The van der Waals surface area contributed by atoms with Crippen LogP contribution >= 0.6 is 0 Å². The number of halogens is 5. The number of rotatable bonds is 3. The summed E-state index contributed by atoms with van der Waals surface area (Å²) in [7, 11) is 1.90. The highest BCUT2D eigenvalue weighted by molar-refractivity contribution is 6.09. The van der Waals surface area contributed by atoms with E-state index in [2.05, 4.69) is 5.10 Å². The molecule has 40 heavy (non-hydrogen) atoms. The predicted molar refractivity (Wildman–Crippen MR) is 138 cm³/mol. The number of alkyl halides is 5. The Labute approximate surface area is 227 Å². The number of likely N-dealkylation sites (N-methyl/N-ethyl adjacent to an activating group) is 1. The van der Waals surface area contributed by atoms with Gasteiger partial charge in [-0.3, -0.25) is 9.59 Å². The van der Waals surface area contributed by atoms with Gasteiger partial charge in [0.1, 0.15) is 0 Å². The summed E-state index contributed by atoms with van der Waals surface area (Å²) in [4.78, 5) is 31.1. The van der Waals surface area contributed by atoms with Crippen molar-refractivity contribution < 1.29 is 31.5 Å². The fourth-order valence-electron chi connectivity index (χ4n) is 4.97. The second kappa shape index (κ2) is 10.5. The van der Waals surface area contributed by atoms with Crippen LogP contribution in [0.5, 0.6) is 0 Å². The van der Waals surface area contributed by atoms with E-state index < -0.39 is 53.7 Å². The average Bonchev–Trinajstić information content (AvgIpc) is 3.35. The Bertz CT molecular complexity index is 1440. The highest BCUT2D eigenvalue weighted by atomic mass is 19.4. The van der Waals surface area contributed by atoms with Gasteiger partial charge in [0.05, 0.1) is 23.1 Å². The number of piperazine rings is 1. The number of hydrogen-bond acceptors (Lipinski definition) is 4. The van der Waals surface area contributed by atoms with E-state index in [0.29, 0.717) is 30.9 Å². The number of para-hydroxylation sites is 2. The number of hydrogen-bond donors (Lipinski definition) is 0. The maximum Gasteiger partial charge on any atom is 0.434 e. The van der Waals surface area contributed by atoms with Gasteiger partial charge in [-0.25, -0.2) is 13.5 Å². The van der Waals surface area contributed by atoms with Gasteiger partial charge in [0.2, 0.25) is 5.91 Å². The number of nitrogens with zero attached hydrogens (tertiary/aromatic N) is 5. The number of allylic oxidation sites excluding steroid dienone is 1. The van der Waals surface area contributed by atoms with Crippen molar-refractivity contribution in [1.82, 2.24) is 19.6 Å². The average molecular weight is 560 g/mol. The van der Waals surface area contributed by atoms with Crippen LogP contribution in [0.3, 0.4) is 0 Å². The van der Waals surface area contributed by atoms with Gasteiger partial charge in [-0.2, -0.15) is 18.3 Å². The third-order valence-corrected chi connectivity index (χ3v) is 7.13. The summed E-state index contributed by atoms with van der Waals surface area (Å²) in [5, 5.41) is 3.82. The van der Waals surface area contributed by atoms with E-state index in [-0.39, 0.29) is 16.9 Å². The molecule has 0 bridgehead atoms. The second-order valence-corrected chi connectivity index (χ2v) is 9.77. The van der Waals surface area contributed by atoms with Crippen molar-refractivity contribution >= 4 is 23.1 Å². The van der Waals surface area contributed by atoms with Crippen LogP contribution in [0.2, 0.25) is 0 Å². The fourth-order valence-corrected chi connectivity index (χ4v) is 4.97. The molecule has 0 aliphatic carbocycles. The molecule has 0 radical (unpaired) electrons. The van der Waals surface area contributed by atoms with Gasteiger partial charge in [-0.05, 0) is 25.2 Å². The van der Waals surface area contributed by atoms with E-state index in [1.165, 1.54) is 53.4 Å². The third kappa shape index (κ3) is 5.23. The van der Waals surface area contributed by atoms with Crippen molar-refractivity contribution in [3.05, 3.63) is 83.7 Å². The first-order chi connectivity index (χ1) is 19.0. The first-order valence-corrected chi connectivity index (χ1v) is 12.7. The van der Waals surface area contributed by atoms with Gasteiger partial charge in [0.15, 0.2) is 5.69 Å². The van der Waals surface area contributed by atoms with Crippen molar-refractivity contribution in [2.24, 2.45) is 0 Å². The molecule has 0 spiro atoms. The lowest BCUT2D eigenvalue weighted by Gasteiger charge is -2.32. The molecule has 1 aromatic heterocycles. The topological polar surface area (TPSA) is 61.7 Å². The van der Waals surface area contributed by atoms with Gasteiger partial charge < -0.3 is 14.7 Å². The van der Waals surface area contributed by atoms with Crippen LogP contribution in [0.4, 0.5) is 27.6 Å². The lowest BCUT2D eigenvalue weighted by Crippen LogP contribution is -2.46. The SMILES string of the molecule is CN1CCN(C(=O)/C=C2/c3ccccc3N(C(=O)c3cnn(-c4ccccc4)c3C(F)(F)F)CCC2(F)F)CC1. The summed E-state index contributed by atoms with van der Waals surface area (Å²) < 4.78 is 74.5. The standard InChI is InChI=1S/C28H26F5N5O2/c1-35-13-15-36(16-14-35)24(39)17-22-20-9-5-6-10-23(20)37(12-11-27(22,29)30)26(40)21-18-34-38(25(21)28(31,32)33)19-7-3-2-4-8-19/h2-10,17-18H,11-16H2,1H3/b22-17-. The maximum atomic E-state index is 15.5. The van der Waals surface area contributed by atoms with E-state index in [1.807, 2.05) is 11.9 Å². The van der Waals surface area contributed by atoms with E-state index in [0.717, 1.165) is 17.2 Å². The summed E-state index contributed by atoms with van der Waals surface area (Å²) in [6, 6.07) is 13.2. The van der Waals surface area contributed by atoms with Crippen LogP contribution in [0.25, 0.3) is 11.3 Å². The molecular formula is C28H26F5N5O2. The molecule has 5 rings (SSSR count). The van der Waals surface area contributed by atoms with Crippen LogP contribution in [-0.2, 0) is 11.0 Å². The quantitative estimate of drug-likeness (QED) is 0.344. The van der Waals surface area contributed by atoms with Crippen LogP contribution < -0.4 is 4.90 Å². The number of aromatic nitrogens is 2. The Morgan fingerprint density at radius 1 is 0.925 bits per heavy atom. The van der Waals surface area contributed by atoms with Gasteiger partial charge in [-0.1, -0.05) is 36.4 Å². The molecule has 2 aliphatic rings. The summed E-state index contributed by atoms with van der Waals surface area (Å²) in [5.41, 5.74) is -2.66. The monoisotopic (exact) mass is 559 g/mol. The summed E-state index contributed by atoms with van der Waals surface area (Å²) in [6.45, 7) is 1.38. The predicted octanol–water partition coefficient (Wildman–Crippen LogP) is 4.73. The molecule has 210 valence electrons. The molecule has 0 atom stereocenters. The minimum atomic E-state index is -4.97. The Hall–Kier alpha value is -4.06. The lowest BCUT2D eigenvalue weighted by atomic mass is 9.96. The summed E-state index contributed by atoms with van der Waals surface area (Å²) >= 11 is 0. The number of carbonyl (C=O) groups excluding carboxylic acids is 2. The maximum absolute atomic E-state index is 15.5. The molecule has 2 aliphatic heterocycles. The summed E-state index contributed by atoms with van der Waals surface area (Å²) in [5.74, 6) is -5.22. The fraction of sp³-hybridized carbons (Fsp3) is 0.321. The number of amides is 2. The zero-order chi connectivity index (χ0) is 28.7. The van der Waals surface area contributed by atoms with E-state index in [1.54, 1.807) is 6.07 Å². The smallest absolute Gasteiger partial charge is 0.337 e. The highest BCUT2D eigenvalue weighted by Crippen LogP contribution is 2.44. The normalized spacial score (nSPS) is 18.9. The molecule has 0 N–H and O–H groups in total. The first-order valence-electron chi connectivity index (χ1n) is 12.7. The molecular weight excluding hydrogens is 533 g/mol. The van der Waals surface area contributed by atoms with E-state index >= 15 is 8.78 Å². The van der Waals surface area contributed by atoms with Gasteiger partial charge in [0.25, 0.3) is 11.8 Å². The number of fused-ring (bicyclic) bond motifs is 1. The highest BCUT2D eigenvalue weighted by Gasteiger charge is 2.45. The molecule has 0 unspecified atom stereocenters. The molecule has 1 fully saturated rings. The second-order valence-electron chi connectivity index (χ2n) is 9.77. The molecule has 7 nitrogen and oxygen atoms in total. The molecule has 1 saturated heterocycles. The van der Waals surface area contributed by atoms with Crippen LogP contribution in [0, 0.1) is 0 Å². The van der Waals surface area contributed by atoms with Crippen molar-refractivity contribution in [3.63, 3.8) is 0 Å². The Morgan fingerprint density at radius 2 is 1.57 bits per heavy atom. The largest absolute Gasteiger partial charge is 0.434 e. The van der Waals surface area contributed by atoms with Crippen molar-refractivity contribution in [3.8, 4) is 5.69 Å². The van der Waals surface area contributed by atoms with Gasteiger partial charge in [0, 0.05) is 56.4 Å². The molecule has 2 aromatic carbocycles. The van der Waals surface area contributed by atoms with Crippen molar-refractivity contribution in [2.45, 2.75) is 18.5 Å². The van der Waals surface area contributed by atoms with E-state index in [4.69, 9.17) is 0 Å². The van der Waals surface area contributed by atoms with Crippen molar-refractivity contribution in [2.75, 3.05) is 44.7 Å². The Kier molecular flexibility index (Phi) is 7.21. The molecule has 3 aromatic rings. The van der Waals surface area contributed by atoms with Gasteiger partial charge in [-0.15, -0.1) is 0 Å². The molecule has 0 saturated carbocycles. The van der Waals surface area contributed by atoms with Crippen LogP contribution in [0.1, 0.15) is 28.0 Å². The number of carbonyl (C=O) groups is 2. The van der Waals surface area contributed by atoms with Crippen LogP contribution in [-0.4, -0.2) is 77.1 Å².